The van der Waals surface area contributed by atoms with E-state index in [-0.39, 0.29) is 29.6 Å². The van der Waals surface area contributed by atoms with Crippen molar-refractivity contribution in [2.45, 2.75) is 12.8 Å². The number of aromatic amines is 1. The molecule has 2 aromatic carbocycles. The predicted molar refractivity (Wildman–Crippen MR) is 115 cm³/mol. The van der Waals surface area contributed by atoms with Crippen LogP contribution in [0.5, 0.6) is 5.75 Å². The Morgan fingerprint density at radius 1 is 1.13 bits per heavy atom. The monoisotopic (exact) mass is 402 g/mol. The average Bonchev–Trinajstić information content (AvgIpc) is 3.18. The van der Waals surface area contributed by atoms with E-state index in [0.717, 1.165) is 22.0 Å². The third-order valence-electron chi connectivity index (χ3n) is 4.99. The Balaban J connectivity index is 1.48. The maximum Gasteiger partial charge on any atom is 0.257 e. The van der Waals surface area contributed by atoms with E-state index >= 15 is 0 Å². The second-order valence-electron chi connectivity index (χ2n) is 7.06. The number of rotatable bonds is 7. The first-order valence-electron chi connectivity index (χ1n) is 9.71. The van der Waals surface area contributed by atoms with Gasteiger partial charge in [0.2, 0.25) is 11.2 Å². The molecule has 0 fully saturated rings. The fourth-order valence-electron chi connectivity index (χ4n) is 3.48. The normalized spacial score (nSPS) is 11.9. The van der Waals surface area contributed by atoms with Gasteiger partial charge in [-0.15, -0.1) is 0 Å². The SMILES string of the molecule is Cc1cc(=O)c(OCC(=O)NCC(c2ccccc2)c2c[nH]c3ccccc23)co1. The van der Waals surface area contributed by atoms with Crippen molar-refractivity contribution in [3.05, 3.63) is 100 Å². The zero-order chi connectivity index (χ0) is 20.9. The van der Waals surface area contributed by atoms with Crippen LogP contribution in [-0.4, -0.2) is 24.0 Å². The molecular weight excluding hydrogens is 380 g/mol. The van der Waals surface area contributed by atoms with Crippen LogP contribution in [0.2, 0.25) is 0 Å². The van der Waals surface area contributed by atoms with Crippen LogP contribution in [0.25, 0.3) is 10.9 Å². The minimum Gasteiger partial charge on any atom is -0.477 e. The molecule has 0 spiro atoms. The molecule has 6 heteroatoms. The van der Waals surface area contributed by atoms with Crippen molar-refractivity contribution in [1.29, 1.82) is 0 Å². The summed E-state index contributed by atoms with van der Waals surface area (Å²) in [5, 5.41) is 4.04. The molecule has 0 radical (unpaired) electrons. The van der Waals surface area contributed by atoms with Gasteiger partial charge in [0, 0.05) is 35.6 Å². The number of carbonyl (C=O) groups is 1. The molecule has 152 valence electrons. The molecule has 1 atom stereocenters. The molecular formula is C24H22N2O4. The van der Waals surface area contributed by atoms with E-state index in [1.807, 2.05) is 54.7 Å². The lowest BCUT2D eigenvalue weighted by atomic mass is 9.91. The number of carbonyl (C=O) groups excluding carboxylic acids is 1. The Kier molecular flexibility index (Phi) is 5.66. The lowest BCUT2D eigenvalue weighted by molar-refractivity contribution is -0.123. The number of aryl methyl sites for hydroxylation is 1. The van der Waals surface area contributed by atoms with Crippen LogP contribution in [0.4, 0.5) is 0 Å². The zero-order valence-corrected chi connectivity index (χ0v) is 16.6. The summed E-state index contributed by atoms with van der Waals surface area (Å²) >= 11 is 0. The summed E-state index contributed by atoms with van der Waals surface area (Å²) < 4.78 is 10.5. The van der Waals surface area contributed by atoms with Gasteiger partial charge in [-0.2, -0.15) is 0 Å². The van der Waals surface area contributed by atoms with E-state index in [1.54, 1.807) is 6.92 Å². The van der Waals surface area contributed by atoms with Gasteiger partial charge in [-0.05, 0) is 24.1 Å². The second kappa shape index (κ2) is 8.69. The van der Waals surface area contributed by atoms with Crippen LogP contribution in [0.15, 0.2) is 82.3 Å². The van der Waals surface area contributed by atoms with Gasteiger partial charge in [0.05, 0.1) is 0 Å². The van der Waals surface area contributed by atoms with E-state index in [4.69, 9.17) is 9.15 Å². The number of amides is 1. The molecule has 4 aromatic rings. The number of ether oxygens (including phenoxy) is 1. The highest BCUT2D eigenvalue weighted by atomic mass is 16.5. The fourth-order valence-corrected chi connectivity index (χ4v) is 3.48. The lowest BCUT2D eigenvalue weighted by Crippen LogP contribution is -2.33. The molecule has 0 aliphatic heterocycles. The van der Waals surface area contributed by atoms with E-state index in [2.05, 4.69) is 16.4 Å². The van der Waals surface area contributed by atoms with Crippen molar-refractivity contribution in [2.24, 2.45) is 0 Å². The Labute approximate surface area is 173 Å². The molecule has 2 N–H and O–H groups in total. The number of benzene rings is 2. The van der Waals surface area contributed by atoms with Crippen molar-refractivity contribution in [3.63, 3.8) is 0 Å². The first kappa shape index (κ1) is 19.5. The van der Waals surface area contributed by atoms with Gasteiger partial charge in [0.25, 0.3) is 5.91 Å². The average molecular weight is 402 g/mol. The third-order valence-corrected chi connectivity index (χ3v) is 4.99. The number of H-pyrrole nitrogens is 1. The highest BCUT2D eigenvalue weighted by Crippen LogP contribution is 2.30. The molecule has 30 heavy (non-hydrogen) atoms. The summed E-state index contributed by atoms with van der Waals surface area (Å²) in [4.78, 5) is 27.6. The van der Waals surface area contributed by atoms with Crippen molar-refractivity contribution in [1.82, 2.24) is 10.3 Å². The molecule has 1 amide bonds. The molecule has 0 saturated heterocycles. The number of hydrogen-bond donors (Lipinski definition) is 2. The van der Waals surface area contributed by atoms with E-state index in [1.165, 1.54) is 12.3 Å². The number of para-hydroxylation sites is 1. The summed E-state index contributed by atoms with van der Waals surface area (Å²) in [7, 11) is 0. The van der Waals surface area contributed by atoms with E-state index < -0.39 is 0 Å². The quantitative estimate of drug-likeness (QED) is 0.493. The predicted octanol–water partition coefficient (Wildman–Crippen LogP) is 3.76. The Morgan fingerprint density at radius 2 is 1.90 bits per heavy atom. The molecule has 1 unspecified atom stereocenters. The molecule has 2 aromatic heterocycles. The van der Waals surface area contributed by atoms with Gasteiger partial charge in [0.15, 0.2) is 6.61 Å². The number of aromatic nitrogens is 1. The van der Waals surface area contributed by atoms with Crippen LogP contribution >= 0.6 is 0 Å². The maximum atomic E-state index is 12.4. The summed E-state index contributed by atoms with van der Waals surface area (Å²) in [6.07, 6.45) is 3.21. The molecule has 0 bridgehead atoms. The summed E-state index contributed by atoms with van der Waals surface area (Å²) in [6.45, 7) is 1.81. The Morgan fingerprint density at radius 3 is 2.70 bits per heavy atom. The molecule has 0 aliphatic carbocycles. The van der Waals surface area contributed by atoms with Crippen LogP contribution in [-0.2, 0) is 4.79 Å². The van der Waals surface area contributed by atoms with Crippen molar-refractivity contribution in [2.75, 3.05) is 13.2 Å². The van der Waals surface area contributed by atoms with Gasteiger partial charge in [-0.25, -0.2) is 0 Å². The minimum atomic E-state index is -0.312. The standard InChI is InChI=1S/C24H22N2O4/c1-16-11-22(27)23(14-29-16)30-15-24(28)26-12-19(17-7-3-2-4-8-17)20-13-25-21-10-6-5-9-18(20)21/h2-11,13-14,19,25H,12,15H2,1H3,(H,26,28). The van der Waals surface area contributed by atoms with E-state index in [9.17, 15) is 9.59 Å². The van der Waals surface area contributed by atoms with Crippen LogP contribution < -0.4 is 15.5 Å². The number of hydrogen-bond acceptors (Lipinski definition) is 4. The van der Waals surface area contributed by atoms with E-state index in [0.29, 0.717) is 12.3 Å². The first-order valence-corrected chi connectivity index (χ1v) is 9.71. The summed E-state index contributed by atoms with van der Waals surface area (Å²) in [5.74, 6) is 0.166. The second-order valence-corrected chi connectivity index (χ2v) is 7.06. The fraction of sp³-hybridized carbons (Fsp3) is 0.167. The first-order chi connectivity index (χ1) is 14.6. The molecule has 2 heterocycles. The summed E-state index contributed by atoms with van der Waals surface area (Å²) in [6, 6.07) is 19.4. The lowest BCUT2D eigenvalue weighted by Gasteiger charge is -2.18. The highest BCUT2D eigenvalue weighted by molar-refractivity contribution is 5.84. The van der Waals surface area contributed by atoms with Crippen molar-refractivity contribution in [3.8, 4) is 5.75 Å². The Bertz CT molecular complexity index is 1210. The topological polar surface area (TPSA) is 84.3 Å². The van der Waals surface area contributed by atoms with Gasteiger partial charge >= 0.3 is 0 Å². The third kappa shape index (κ3) is 4.27. The molecule has 0 saturated carbocycles. The zero-order valence-electron chi connectivity index (χ0n) is 16.6. The van der Waals surface area contributed by atoms with Crippen LogP contribution in [0.3, 0.4) is 0 Å². The van der Waals surface area contributed by atoms with Gasteiger partial charge < -0.3 is 19.5 Å². The summed E-state index contributed by atoms with van der Waals surface area (Å²) in [5.41, 5.74) is 2.95. The van der Waals surface area contributed by atoms with Crippen LogP contribution in [0.1, 0.15) is 22.8 Å². The minimum absolute atomic E-state index is 0.0204. The van der Waals surface area contributed by atoms with Crippen molar-refractivity contribution >= 4 is 16.8 Å². The smallest absolute Gasteiger partial charge is 0.257 e. The molecule has 6 nitrogen and oxygen atoms in total. The largest absolute Gasteiger partial charge is 0.477 e. The maximum absolute atomic E-state index is 12.4. The Hall–Kier alpha value is -3.80. The van der Waals surface area contributed by atoms with Gasteiger partial charge in [0.1, 0.15) is 12.0 Å². The number of fused-ring (bicyclic) bond motifs is 1. The molecule has 4 rings (SSSR count). The highest BCUT2D eigenvalue weighted by Gasteiger charge is 2.19. The van der Waals surface area contributed by atoms with Gasteiger partial charge in [-0.3, -0.25) is 9.59 Å². The number of nitrogens with one attached hydrogen (secondary N) is 2. The van der Waals surface area contributed by atoms with Crippen molar-refractivity contribution < 1.29 is 13.9 Å². The van der Waals surface area contributed by atoms with Gasteiger partial charge in [-0.1, -0.05) is 48.5 Å². The van der Waals surface area contributed by atoms with Crippen LogP contribution in [0, 0.1) is 6.92 Å². The molecule has 0 aliphatic rings.